The molecule has 0 spiro atoms. The van der Waals surface area contributed by atoms with Crippen LogP contribution in [0.3, 0.4) is 0 Å². The van der Waals surface area contributed by atoms with Crippen molar-refractivity contribution < 1.29 is 9.53 Å². The molecule has 26 heavy (non-hydrogen) atoms. The summed E-state index contributed by atoms with van der Waals surface area (Å²) in [6.07, 6.45) is 1.76. The maximum absolute atomic E-state index is 12.0. The zero-order valence-corrected chi connectivity index (χ0v) is 15.7. The van der Waals surface area contributed by atoms with E-state index in [-0.39, 0.29) is 5.91 Å². The first kappa shape index (κ1) is 19.7. The average molecular weight is 357 g/mol. The van der Waals surface area contributed by atoms with Crippen molar-refractivity contribution in [2.45, 2.75) is 12.8 Å². The number of benzene rings is 1. The van der Waals surface area contributed by atoms with Crippen LogP contribution >= 0.6 is 0 Å². The molecule has 0 bridgehead atoms. The summed E-state index contributed by atoms with van der Waals surface area (Å²) in [5.41, 5.74) is 1.54. The van der Waals surface area contributed by atoms with E-state index >= 15 is 0 Å². The molecular weight excluding hydrogens is 330 g/mol. The summed E-state index contributed by atoms with van der Waals surface area (Å²) in [5.74, 6) is 1.31. The number of anilines is 1. The Bertz CT molecular complexity index is 671. The summed E-state index contributed by atoms with van der Waals surface area (Å²) in [6, 6.07) is 11.4. The predicted molar refractivity (Wildman–Crippen MR) is 103 cm³/mol. The minimum Gasteiger partial charge on any atom is -0.497 e. The van der Waals surface area contributed by atoms with Crippen LogP contribution in [0.25, 0.3) is 0 Å². The molecule has 0 saturated carbocycles. The molecule has 0 radical (unpaired) electrons. The Hall–Kier alpha value is -2.67. The van der Waals surface area contributed by atoms with Crippen molar-refractivity contribution in [2.24, 2.45) is 0 Å². The lowest BCUT2D eigenvalue weighted by atomic mass is 10.1. The first-order chi connectivity index (χ1) is 12.6. The number of nitrogens with zero attached hydrogens (tertiary/aromatic N) is 3. The number of hydrogen-bond donors (Lipinski definition) is 2. The molecule has 7 nitrogen and oxygen atoms in total. The second-order valence-corrected chi connectivity index (χ2v) is 6.24. The average Bonchev–Trinajstić information content (AvgIpc) is 2.66. The monoisotopic (exact) mass is 357 g/mol. The van der Waals surface area contributed by atoms with E-state index in [2.05, 4.69) is 25.7 Å². The van der Waals surface area contributed by atoms with Crippen LogP contribution in [0.5, 0.6) is 5.75 Å². The van der Waals surface area contributed by atoms with E-state index < -0.39 is 0 Å². The van der Waals surface area contributed by atoms with Gasteiger partial charge in [-0.25, -0.2) is 0 Å². The van der Waals surface area contributed by atoms with Gasteiger partial charge in [0.2, 0.25) is 0 Å². The molecule has 0 fully saturated rings. The highest BCUT2D eigenvalue weighted by Gasteiger charge is 2.07. The highest BCUT2D eigenvalue weighted by atomic mass is 16.5. The Morgan fingerprint density at radius 3 is 2.46 bits per heavy atom. The van der Waals surface area contributed by atoms with Crippen molar-refractivity contribution >= 4 is 11.7 Å². The SMILES string of the molecule is COc1ccc(CCNc2ccc(C(=O)NCCCN(C)C)nn2)cc1. The molecule has 0 aliphatic heterocycles. The van der Waals surface area contributed by atoms with Gasteiger partial charge < -0.3 is 20.3 Å². The zero-order chi connectivity index (χ0) is 18.8. The number of nitrogens with one attached hydrogen (secondary N) is 2. The maximum Gasteiger partial charge on any atom is 0.271 e. The number of methoxy groups -OCH3 is 1. The number of carbonyl (C=O) groups is 1. The number of ether oxygens (including phenoxy) is 1. The van der Waals surface area contributed by atoms with Crippen LogP contribution < -0.4 is 15.4 Å². The zero-order valence-electron chi connectivity index (χ0n) is 15.7. The molecule has 2 rings (SSSR count). The van der Waals surface area contributed by atoms with Gasteiger partial charge in [-0.1, -0.05) is 12.1 Å². The molecule has 7 heteroatoms. The summed E-state index contributed by atoms with van der Waals surface area (Å²) in [4.78, 5) is 14.1. The molecule has 140 valence electrons. The largest absolute Gasteiger partial charge is 0.497 e. The van der Waals surface area contributed by atoms with Crippen molar-refractivity contribution in [1.82, 2.24) is 20.4 Å². The Kier molecular flexibility index (Phi) is 7.82. The normalized spacial score (nSPS) is 10.6. The standard InChI is InChI=1S/C19H27N5O2/c1-24(2)14-4-12-21-19(25)17-9-10-18(23-22-17)20-13-11-15-5-7-16(26-3)8-6-15/h5-10H,4,11-14H2,1-3H3,(H,20,23)(H,21,25). The first-order valence-corrected chi connectivity index (χ1v) is 8.72. The quantitative estimate of drug-likeness (QED) is 0.632. The van der Waals surface area contributed by atoms with E-state index in [1.54, 1.807) is 19.2 Å². The van der Waals surface area contributed by atoms with E-state index in [0.717, 1.165) is 31.7 Å². The number of rotatable bonds is 10. The van der Waals surface area contributed by atoms with Crippen LogP contribution in [0.15, 0.2) is 36.4 Å². The van der Waals surface area contributed by atoms with Gasteiger partial charge in [-0.3, -0.25) is 4.79 Å². The van der Waals surface area contributed by atoms with Crippen LogP contribution in [0.2, 0.25) is 0 Å². The van der Waals surface area contributed by atoms with E-state index in [4.69, 9.17) is 4.74 Å². The molecule has 1 aromatic carbocycles. The van der Waals surface area contributed by atoms with E-state index in [0.29, 0.717) is 18.1 Å². The molecule has 0 unspecified atom stereocenters. The Labute approximate surface area is 154 Å². The molecular formula is C19H27N5O2. The third-order valence-electron chi connectivity index (χ3n) is 3.84. The molecule has 2 N–H and O–H groups in total. The molecule has 1 aromatic heterocycles. The van der Waals surface area contributed by atoms with Crippen molar-refractivity contribution in [3.05, 3.63) is 47.7 Å². The smallest absolute Gasteiger partial charge is 0.271 e. The predicted octanol–water partition coefficient (Wildman–Crippen LogP) is 1.82. The van der Waals surface area contributed by atoms with Gasteiger partial charge in [-0.15, -0.1) is 10.2 Å². The van der Waals surface area contributed by atoms with Crippen LogP contribution in [-0.2, 0) is 6.42 Å². The van der Waals surface area contributed by atoms with Crippen molar-refractivity contribution in [2.75, 3.05) is 46.2 Å². The molecule has 0 atom stereocenters. The fourth-order valence-corrected chi connectivity index (χ4v) is 2.36. The highest BCUT2D eigenvalue weighted by Crippen LogP contribution is 2.12. The van der Waals surface area contributed by atoms with Crippen LogP contribution in [0.4, 0.5) is 5.82 Å². The van der Waals surface area contributed by atoms with Gasteiger partial charge >= 0.3 is 0 Å². The van der Waals surface area contributed by atoms with Crippen LogP contribution in [-0.4, -0.2) is 61.8 Å². The second kappa shape index (κ2) is 10.4. The summed E-state index contributed by atoms with van der Waals surface area (Å²) in [5, 5.41) is 14.1. The summed E-state index contributed by atoms with van der Waals surface area (Å²) in [6.45, 7) is 2.29. The number of hydrogen-bond acceptors (Lipinski definition) is 6. The topological polar surface area (TPSA) is 79.4 Å². The first-order valence-electron chi connectivity index (χ1n) is 8.72. The Morgan fingerprint density at radius 2 is 1.85 bits per heavy atom. The van der Waals surface area contributed by atoms with Gasteiger partial charge in [0, 0.05) is 13.1 Å². The van der Waals surface area contributed by atoms with E-state index in [1.165, 1.54) is 5.56 Å². The minimum atomic E-state index is -0.193. The molecule has 1 amide bonds. The molecule has 0 aliphatic rings. The third-order valence-corrected chi connectivity index (χ3v) is 3.84. The van der Waals surface area contributed by atoms with E-state index in [1.807, 2.05) is 38.4 Å². The van der Waals surface area contributed by atoms with Crippen molar-refractivity contribution in [3.8, 4) is 5.75 Å². The third kappa shape index (κ3) is 6.68. The number of amides is 1. The number of aromatic nitrogens is 2. The van der Waals surface area contributed by atoms with Crippen molar-refractivity contribution in [1.29, 1.82) is 0 Å². The maximum atomic E-state index is 12.0. The summed E-state index contributed by atoms with van der Waals surface area (Å²) >= 11 is 0. The van der Waals surface area contributed by atoms with E-state index in [9.17, 15) is 4.79 Å². The lowest BCUT2D eigenvalue weighted by molar-refractivity contribution is 0.0946. The Morgan fingerprint density at radius 1 is 1.08 bits per heavy atom. The second-order valence-electron chi connectivity index (χ2n) is 6.24. The summed E-state index contributed by atoms with van der Waals surface area (Å²) in [7, 11) is 5.67. The van der Waals surface area contributed by atoms with Gasteiger partial charge in [-0.2, -0.15) is 0 Å². The fraction of sp³-hybridized carbons (Fsp3) is 0.421. The van der Waals surface area contributed by atoms with Crippen LogP contribution in [0.1, 0.15) is 22.5 Å². The Balaban J connectivity index is 1.73. The lowest BCUT2D eigenvalue weighted by Crippen LogP contribution is -2.28. The lowest BCUT2D eigenvalue weighted by Gasteiger charge is -2.09. The van der Waals surface area contributed by atoms with Gasteiger partial charge in [0.05, 0.1) is 7.11 Å². The van der Waals surface area contributed by atoms with Gasteiger partial charge in [0.1, 0.15) is 11.6 Å². The van der Waals surface area contributed by atoms with Crippen LogP contribution in [0, 0.1) is 0 Å². The summed E-state index contributed by atoms with van der Waals surface area (Å²) < 4.78 is 5.15. The number of carbonyl (C=O) groups excluding carboxylic acids is 1. The highest BCUT2D eigenvalue weighted by molar-refractivity contribution is 5.92. The van der Waals surface area contributed by atoms with Gasteiger partial charge in [0.15, 0.2) is 5.69 Å². The minimum absolute atomic E-state index is 0.193. The molecule has 2 aromatic rings. The van der Waals surface area contributed by atoms with Crippen molar-refractivity contribution in [3.63, 3.8) is 0 Å². The van der Waals surface area contributed by atoms with Gasteiger partial charge in [0.25, 0.3) is 5.91 Å². The fourth-order valence-electron chi connectivity index (χ4n) is 2.36. The molecule has 1 heterocycles. The molecule has 0 aliphatic carbocycles. The van der Waals surface area contributed by atoms with Gasteiger partial charge in [-0.05, 0) is 63.3 Å². The molecule has 0 saturated heterocycles.